The standard InChI is InChI=1S/C20H29F3N6O3/c1-3-11(2)26-19(31)32-14-5-4-12(6-14)15-8-17(29-28-15)27-18(30)7-13-9-25-16(10-24-13)20(21,22)23/h9-12,14-15,17,28-29H,3-8H2,1-2H3,(H,26,31)(H,27,30)/t11-,12-,14+,15?,17?/m0/s1. The Hall–Kier alpha value is -2.47. The molecule has 32 heavy (non-hydrogen) atoms. The number of hydrogen-bond donors (Lipinski definition) is 4. The smallest absolute Gasteiger partial charge is 0.434 e. The molecule has 1 aromatic heterocycles. The Kier molecular flexibility index (Phi) is 7.88. The van der Waals surface area contributed by atoms with Crippen molar-refractivity contribution in [2.45, 2.75) is 82.9 Å². The first-order valence-electron chi connectivity index (χ1n) is 10.8. The summed E-state index contributed by atoms with van der Waals surface area (Å²) in [5, 5.41) is 5.60. The fraction of sp³-hybridized carbons (Fsp3) is 0.700. The summed E-state index contributed by atoms with van der Waals surface area (Å²) in [7, 11) is 0. The van der Waals surface area contributed by atoms with Crippen molar-refractivity contribution in [1.82, 2.24) is 31.5 Å². The molecule has 0 bridgehead atoms. The van der Waals surface area contributed by atoms with Gasteiger partial charge in [-0.1, -0.05) is 6.92 Å². The molecule has 1 aromatic rings. The summed E-state index contributed by atoms with van der Waals surface area (Å²) in [5.41, 5.74) is 5.28. The van der Waals surface area contributed by atoms with Crippen LogP contribution in [0.25, 0.3) is 0 Å². The number of alkyl carbamates (subject to hydrolysis) is 1. The Balaban J connectivity index is 1.40. The average molecular weight is 458 g/mol. The van der Waals surface area contributed by atoms with E-state index in [0.717, 1.165) is 31.9 Å². The molecule has 2 aliphatic rings. The molecule has 0 spiro atoms. The average Bonchev–Trinajstić information content (AvgIpc) is 3.37. The van der Waals surface area contributed by atoms with Gasteiger partial charge in [-0.05, 0) is 44.9 Å². The summed E-state index contributed by atoms with van der Waals surface area (Å²) in [6, 6.07) is 0.177. The number of nitrogens with zero attached hydrogens (tertiary/aromatic N) is 2. The van der Waals surface area contributed by atoms with Crippen LogP contribution >= 0.6 is 0 Å². The number of carbonyl (C=O) groups is 2. The van der Waals surface area contributed by atoms with Crippen LogP contribution < -0.4 is 21.5 Å². The highest BCUT2D eigenvalue weighted by molar-refractivity contribution is 5.78. The number of aromatic nitrogens is 2. The first-order valence-corrected chi connectivity index (χ1v) is 10.8. The van der Waals surface area contributed by atoms with Gasteiger partial charge in [0, 0.05) is 18.3 Å². The van der Waals surface area contributed by atoms with Crippen LogP contribution in [0.2, 0.25) is 0 Å². The van der Waals surface area contributed by atoms with Crippen LogP contribution in [0.4, 0.5) is 18.0 Å². The fourth-order valence-corrected chi connectivity index (χ4v) is 3.92. The van der Waals surface area contributed by atoms with Gasteiger partial charge in [-0.25, -0.2) is 15.2 Å². The second-order valence-corrected chi connectivity index (χ2v) is 8.37. The number of hydrogen-bond acceptors (Lipinski definition) is 7. The van der Waals surface area contributed by atoms with E-state index in [9.17, 15) is 22.8 Å². The maximum Gasteiger partial charge on any atom is 0.434 e. The third-order valence-corrected chi connectivity index (χ3v) is 5.85. The highest BCUT2D eigenvalue weighted by Gasteiger charge is 2.37. The predicted octanol–water partition coefficient (Wildman–Crippen LogP) is 2.04. The second kappa shape index (κ2) is 10.4. The molecular weight excluding hydrogens is 429 g/mol. The van der Waals surface area contributed by atoms with Gasteiger partial charge in [-0.2, -0.15) is 13.2 Å². The molecule has 5 atom stereocenters. The first kappa shape index (κ1) is 24.2. The van der Waals surface area contributed by atoms with E-state index in [4.69, 9.17) is 4.74 Å². The number of halogens is 3. The van der Waals surface area contributed by atoms with E-state index in [-0.39, 0.29) is 48.5 Å². The zero-order valence-electron chi connectivity index (χ0n) is 18.0. The summed E-state index contributed by atoms with van der Waals surface area (Å²) in [6.45, 7) is 3.91. The maximum atomic E-state index is 12.5. The van der Waals surface area contributed by atoms with Gasteiger partial charge in [0.15, 0.2) is 5.69 Å². The molecule has 2 heterocycles. The summed E-state index contributed by atoms with van der Waals surface area (Å²) >= 11 is 0. The van der Waals surface area contributed by atoms with Crippen LogP contribution in [0.3, 0.4) is 0 Å². The lowest BCUT2D eigenvalue weighted by Gasteiger charge is -2.19. The van der Waals surface area contributed by atoms with E-state index < -0.39 is 11.9 Å². The van der Waals surface area contributed by atoms with Gasteiger partial charge in [0.25, 0.3) is 0 Å². The molecule has 1 aliphatic carbocycles. The summed E-state index contributed by atoms with van der Waals surface area (Å²) in [4.78, 5) is 31.1. The van der Waals surface area contributed by atoms with E-state index >= 15 is 0 Å². The quantitative estimate of drug-likeness (QED) is 0.494. The van der Waals surface area contributed by atoms with Gasteiger partial charge in [-0.15, -0.1) is 0 Å². The van der Waals surface area contributed by atoms with Gasteiger partial charge in [-0.3, -0.25) is 15.2 Å². The normalized spacial score (nSPS) is 26.5. The van der Waals surface area contributed by atoms with Gasteiger partial charge in [0.1, 0.15) is 6.10 Å². The fourth-order valence-electron chi connectivity index (χ4n) is 3.92. The molecule has 4 N–H and O–H groups in total. The third-order valence-electron chi connectivity index (χ3n) is 5.85. The van der Waals surface area contributed by atoms with Gasteiger partial charge in [0.2, 0.25) is 5.91 Å². The molecule has 2 unspecified atom stereocenters. The lowest BCUT2D eigenvalue weighted by molar-refractivity contribution is -0.141. The Morgan fingerprint density at radius 2 is 2.00 bits per heavy atom. The minimum absolute atomic E-state index is 0.0679. The molecule has 1 saturated heterocycles. The summed E-state index contributed by atoms with van der Waals surface area (Å²) in [6.07, 6.45) is -0.0715. The number of ether oxygens (including phenoxy) is 1. The number of nitrogens with one attached hydrogen (secondary N) is 4. The number of rotatable bonds is 7. The highest BCUT2D eigenvalue weighted by atomic mass is 19.4. The topological polar surface area (TPSA) is 117 Å². The van der Waals surface area contributed by atoms with Crippen molar-refractivity contribution < 1.29 is 27.5 Å². The van der Waals surface area contributed by atoms with E-state index in [1.54, 1.807) is 0 Å². The van der Waals surface area contributed by atoms with Crippen molar-refractivity contribution >= 4 is 12.0 Å². The van der Waals surface area contributed by atoms with Crippen molar-refractivity contribution in [3.8, 4) is 0 Å². The van der Waals surface area contributed by atoms with E-state index in [2.05, 4.69) is 31.5 Å². The zero-order chi connectivity index (χ0) is 23.3. The van der Waals surface area contributed by atoms with Crippen molar-refractivity contribution in [3.63, 3.8) is 0 Å². The van der Waals surface area contributed by atoms with Gasteiger partial charge in [0.05, 0.1) is 24.5 Å². The van der Waals surface area contributed by atoms with Crippen LogP contribution in [0, 0.1) is 5.92 Å². The van der Waals surface area contributed by atoms with Gasteiger partial charge >= 0.3 is 12.3 Å². The largest absolute Gasteiger partial charge is 0.446 e. The number of hydrazine groups is 1. The molecule has 1 aliphatic heterocycles. The van der Waals surface area contributed by atoms with Crippen molar-refractivity contribution in [3.05, 3.63) is 23.8 Å². The number of amides is 2. The molecule has 0 radical (unpaired) electrons. The zero-order valence-corrected chi connectivity index (χ0v) is 18.0. The van der Waals surface area contributed by atoms with Crippen molar-refractivity contribution in [2.24, 2.45) is 5.92 Å². The van der Waals surface area contributed by atoms with Gasteiger partial charge < -0.3 is 15.4 Å². The summed E-state index contributed by atoms with van der Waals surface area (Å²) in [5.74, 6) is -0.0695. The number of carbonyl (C=O) groups excluding carboxylic acids is 2. The molecule has 178 valence electrons. The Bertz CT molecular complexity index is 792. The molecular formula is C20H29F3N6O3. The monoisotopic (exact) mass is 458 g/mol. The van der Waals surface area contributed by atoms with Crippen LogP contribution in [0.1, 0.15) is 57.3 Å². The SMILES string of the molecule is CC[C@H](C)NC(=O)O[C@@H]1CC[C@H](C2CC(NC(=O)Cc3cnc(C(F)(F)F)cn3)NN2)C1. The van der Waals surface area contributed by atoms with E-state index in [1.165, 1.54) is 0 Å². The molecule has 2 amide bonds. The van der Waals surface area contributed by atoms with Crippen LogP contribution in [0.15, 0.2) is 12.4 Å². The van der Waals surface area contributed by atoms with Crippen LogP contribution in [0.5, 0.6) is 0 Å². The Labute approximate surface area is 184 Å². The third kappa shape index (κ3) is 6.76. The maximum absolute atomic E-state index is 12.5. The minimum atomic E-state index is -4.57. The van der Waals surface area contributed by atoms with Crippen molar-refractivity contribution in [1.29, 1.82) is 0 Å². The molecule has 9 nitrogen and oxygen atoms in total. The second-order valence-electron chi connectivity index (χ2n) is 8.37. The lowest BCUT2D eigenvalue weighted by Crippen LogP contribution is -2.45. The van der Waals surface area contributed by atoms with E-state index in [1.807, 2.05) is 13.8 Å². The Morgan fingerprint density at radius 3 is 2.66 bits per heavy atom. The van der Waals surface area contributed by atoms with Crippen molar-refractivity contribution in [2.75, 3.05) is 0 Å². The van der Waals surface area contributed by atoms with Crippen LogP contribution in [-0.4, -0.2) is 46.3 Å². The molecule has 1 saturated carbocycles. The summed E-state index contributed by atoms with van der Waals surface area (Å²) < 4.78 is 43.1. The predicted molar refractivity (Wildman–Crippen MR) is 108 cm³/mol. The minimum Gasteiger partial charge on any atom is -0.446 e. The first-order chi connectivity index (χ1) is 15.1. The van der Waals surface area contributed by atoms with E-state index in [0.29, 0.717) is 18.5 Å². The number of alkyl halides is 3. The molecule has 2 fully saturated rings. The molecule has 12 heteroatoms. The Morgan fingerprint density at radius 1 is 1.22 bits per heavy atom. The molecule has 3 rings (SSSR count). The highest BCUT2D eigenvalue weighted by Crippen LogP contribution is 2.33. The molecule has 0 aromatic carbocycles. The lowest BCUT2D eigenvalue weighted by atomic mass is 9.96. The van der Waals surface area contributed by atoms with Crippen LogP contribution in [-0.2, 0) is 22.1 Å².